The van der Waals surface area contributed by atoms with E-state index in [0.717, 1.165) is 24.4 Å². The summed E-state index contributed by atoms with van der Waals surface area (Å²) in [6.07, 6.45) is 1.23. The van der Waals surface area contributed by atoms with Crippen LogP contribution in [-0.2, 0) is 16.4 Å². The number of sulfone groups is 1. The van der Waals surface area contributed by atoms with Crippen molar-refractivity contribution >= 4 is 38.2 Å². The number of rotatable bonds is 3. The van der Waals surface area contributed by atoms with Crippen LogP contribution in [0.2, 0.25) is 5.02 Å². The van der Waals surface area contributed by atoms with E-state index in [1.165, 1.54) is 6.26 Å². The molecule has 0 bridgehead atoms. The van der Waals surface area contributed by atoms with E-state index in [1.54, 1.807) is 12.1 Å². The Morgan fingerprint density at radius 2 is 2.19 bits per heavy atom. The van der Waals surface area contributed by atoms with Crippen molar-refractivity contribution in [3.63, 3.8) is 0 Å². The lowest BCUT2D eigenvalue weighted by Crippen LogP contribution is -2.24. The maximum Gasteiger partial charge on any atom is 0.177 e. The Hall–Kier alpha value is -1.53. The molecule has 0 atom stereocenters. The molecule has 3 rings (SSSR count). The van der Waals surface area contributed by atoms with E-state index in [9.17, 15) is 8.42 Å². The number of benzene rings is 1. The number of aliphatic imine (C=N–C) groups is 1. The second-order valence-corrected chi connectivity index (χ2v) is 7.58. The molecule has 1 N–H and O–H groups in total. The van der Waals surface area contributed by atoms with Crippen LogP contribution in [0.4, 0.5) is 0 Å². The molecule has 0 saturated heterocycles. The van der Waals surface area contributed by atoms with Crippen molar-refractivity contribution in [3.8, 4) is 0 Å². The molecule has 112 valence electrons. The zero-order valence-electron chi connectivity index (χ0n) is 11.9. The fourth-order valence-electron chi connectivity index (χ4n) is 2.80. The van der Waals surface area contributed by atoms with Crippen LogP contribution in [0.15, 0.2) is 28.1 Å². The van der Waals surface area contributed by atoms with Gasteiger partial charge in [-0.1, -0.05) is 11.6 Å². The molecule has 1 aliphatic heterocycles. The quantitative estimate of drug-likeness (QED) is 0.939. The van der Waals surface area contributed by atoms with Crippen LogP contribution in [0.25, 0.3) is 10.9 Å². The minimum atomic E-state index is -3.33. The zero-order valence-corrected chi connectivity index (χ0v) is 13.4. The molecule has 21 heavy (non-hydrogen) atoms. The van der Waals surface area contributed by atoms with Crippen LogP contribution < -0.4 is 5.32 Å². The summed E-state index contributed by atoms with van der Waals surface area (Å²) in [5.74, 6) is 0.880. The maximum atomic E-state index is 12.1. The van der Waals surface area contributed by atoms with Gasteiger partial charge in [0.15, 0.2) is 9.84 Å². The number of fused-ring (bicyclic) bond motifs is 1. The van der Waals surface area contributed by atoms with Crippen molar-refractivity contribution in [1.82, 2.24) is 9.88 Å². The summed E-state index contributed by atoms with van der Waals surface area (Å²) in [7, 11) is -3.33. The van der Waals surface area contributed by atoms with Gasteiger partial charge in [0, 0.05) is 28.9 Å². The average molecular weight is 326 g/mol. The summed E-state index contributed by atoms with van der Waals surface area (Å²) in [6.45, 7) is 3.95. The van der Waals surface area contributed by atoms with Crippen molar-refractivity contribution < 1.29 is 8.42 Å². The van der Waals surface area contributed by atoms with Gasteiger partial charge >= 0.3 is 0 Å². The van der Waals surface area contributed by atoms with Crippen LogP contribution in [0.3, 0.4) is 0 Å². The van der Waals surface area contributed by atoms with Gasteiger partial charge < -0.3 is 9.88 Å². The third kappa shape index (κ3) is 2.53. The highest BCUT2D eigenvalue weighted by molar-refractivity contribution is 7.91. The highest BCUT2D eigenvalue weighted by Crippen LogP contribution is 2.31. The van der Waals surface area contributed by atoms with E-state index >= 15 is 0 Å². The number of amidine groups is 1. The fraction of sp³-hybridized carbons (Fsp3) is 0.357. The first kappa shape index (κ1) is 14.4. The lowest BCUT2D eigenvalue weighted by atomic mass is 10.2. The van der Waals surface area contributed by atoms with Gasteiger partial charge in [-0.3, -0.25) is 4.99 Å². The van der Waals surface area contributed by atoms with Gasteiger partial charge in [0.25, 0.3) is 0 Å². The zero-order chi connectivity index (χ0) is 15.2. The van der Waals surface area contributed by atoms with Crippen molar-refractivity contribution in [2.75, 3.05) is 19.3 Å². The largest absolute Gasteiger partial charge is 0.370 e. The summed E-state index contributed by atoms with van der Waals surface area (Å²) in [5.41, 5.74) is 1.57. The Labute approximate surface area is 128 Å². The van der Waals surface area contributed by atoms with Crippen LogP contribution in [0, 0.1) is 6.92 Å². The third-order valence-electron chi connectivity index (χ3n) is 3.65. The van der Waals surface area contributed by atoms with Crippen LogP contribution in [-0.4, -0.2) is 38.2 Å². The van der Waals surface area contributed by atoms with Gasteiger partial charge in [-0.15, -0.1) is 0 Å². The molecule has 0 amide bonds. The van der Waals surface area contributed by atoms with Gasteiger partial charge in [-0.05, 0) is 25.1 Å². The Kier molecular flexibility index (Phi) is 3.45. The smallest absolute Gasteiger partial charge is 0.177 e. The predicted octanol–water partition coefficient (Wildman–Crippen LogP) is 2.01. The molecular weight excluding hydrogens is 310 g/mol. The fourth-order valence-corrected chi connectivity index (χ4v) is 4.18. The Morgan fingerprint density at radius 3 is 2.81 bits per heavy atom. The van der Waals surface area contributed by atoms with Gasteiger partial charge in [-0.25, -0.2) is 8.42 Å². The van der Waals surface area contributed by atoms with Crippen molar-refractivity contribution in [2.24, 2.45) is 4.99 Å². The SMILES string of the molecule is Cc1c(S(C)(=O)=O)c2cc(Cl)ccc2n1CC1=NCCN1. The molecule has 0 spiro atoms. The molecule has 2 aromatic rings. The number of hydrogen-bond acceptors (Lipinski definition) is 4. The van der Waals surface area contributed by atoms with Gasteiger partial charge in [-0.2, -0.15) is 0 Å². The minimum absolute atomic E-state index is 0.346. The van der Waals surface area contributed by atoms with E-state index in [-0.39, 0.29) is 0 Å². The molecular formula is C14H16ClN3O2S. The molecule has 0 saturated carbocycles. The predicted molar refractivity (Wildman–Crippen MR) is 85.1 cm³/mol. The lowest BCUT2D eigenvalue weighted by molar-refractivity contribution is 0.601. The normalized spacial score (nSPS) is 15.3. The molecule has 0 aliphatic carbocycles. The van der Waals surface area contributed by atoms with Gasteiger partial charge in [0.05, 0.1) is 23.5 Å². The molecule has 1 aliphatic rings. The highest BCUT2D eigenvalue weighted by Gasteiger charge is 2.22. The average Bonchev–Trinajstić information content (AvgIpc) is 2.96. The van der Waals surface area contributed by atoms with Gasteiger partial charge in [0.1, 0.15) is 5.84 Å². The van der Waals surface area contributed by atoms with Crippen LogP contribution in [0.1, 0.15) is 5.69 Å². The summed E-state index contributed by atoms with van der Waals surface area (Å²) < 4.78 is 26.2. The summed E-state index contributed by atoms with van der Waals surface area (Å²) in [5, 5.41) is 4.41. The summed E-state index contributed by atoms with van der Waals surface area (Å²) in [6, 6.07) is 5.34. The summed E-state index contributed by atoms with van der Waals surface area (Å²) in [4.78, 5) is 4.72. The number of nitrogens with one attached hydrogen (secondary N) is 1. The van der Waals surface area contributed by atoms with Crippen molar-refractivity contribution in [3.05, 3.63) is 28.9 Å². The second kappa shape index (κ2) is 5.03. The highest BCUT2D eigenvalue weighted by atomic mass is 35.5. The Bertz CT molecular complexity index is 853. The first-order chi connectivity index (χ1) is 9.88. The molecule has 1 aromatic carbocycles. The standard InChI is InChI=1S/C14H16ClN3O2S/c1-9-14(21(2,19)20)11-7-10(15)3-4-12(11)18(9)8-13-16-5-6-17-13/h3-4,7H,5-6,8H2,1-2H3,(H,16,17). The number of hydrogen-bond donors (Lipinski definition) is 1. The van der Waals surface area contributed by atoms with E-state index < -0.39 is 9.84 Å². The molecule has 0 radical (unpaired) electrons. The number of aromatic nitrogens is 1. The molecule has 2 heterocycles. The monoisotopic (exact) mass is 325 g/mol. The van der Waals surface area contributed by atoms with Crippen LogP contribution >= 0.6 is 11.6 Å². The Morgan fingerprint density at radius 1 is 1.43 bits per heavy atom. The van der Waals surface area contributed by atoms with Crippen molar-refractivity contribution in [2.45, 2.75) is 18.4 Å². The van der Waals surface area contributed by atoms with E-state index in [2.05, 4.69) is 10.3 Å². The van der Waals surface area contributed by atoms with E-state index in [1.807, 2.05) is 17.6 Å². The molecule has 7 heteroatoms. The first-order valence-electron chi connectivity index (χ1n) is 6.63. The molecule has 1 aromatic heterocycles. The minimum Gasteiger partial charge on any atom is -0.370 e. The van der Waals surface area contributed by atoms with E-state index in [4.69, 9.17) is 11.6 Å². The first-order valence-corrected chi connectivity index (χ1v) is 8.90. The molecule has 0 unspecified atom stereocenters. The topological polar surface area (TPSA) is 63.5 Å². The lowest BCUT2D eigenvalue weighted by Gasteiger charge is -2.09. The Balaban J connectivity index is 2.27. The summed E-state index contributed by atoms with van der Waals surface area (Å²) >= 11 is 6.03. The third-order valence-corrected chi connectivity index (χ3v) is 5.14. The van der Waals surface area contributed by atoms with Gasteiger partial charge in [0.2, 0.25) is 0 Å². The second-order valence-electron chi connectivity index (χ2n) is 5.19. The maximum absolute atomic E-state index is 12.1. The number of nitrogens with zero attached hydrogens (tertiary/aromatic N) is 2. The van der Waals surface area contributed by atoms with Crippen molar-refractivity contribution in [1.29, 1.82) is 0 Å². The van der Waals surface area contributed by atoms with E-state index in [0.29, 0.717) is 27.5 Å². The molecule has 0 fully saturated rings. The molecule has 5 nitrogen and oxygen atoms in total. The number of halogens is 1. The van der Waals surface area contributed by atoms with Crippen LogP contribution in [0.5, 0.6) is 0 Å².